The number of fused-ring (bicyclic) bond motifs is 1. The van der Waals surface area contributed by atoms with E-state index in [4.69, 9.17) is 11.6 Å². The third-order valence-electron chi connectivity index (χ3n) is 2.38. The fourth-order valence-electron chi connectivity index (χ4n) is 1.48. The van der Waals surface area contributed by atoms with Crippen molar-refractivity contribution in [2.45, 2.75) is 0 Å². The van der Waals surface area contributed by atoms with E-state index in [1.54, 1.807) is 0 Å². The maximum Gasteiger partial charge on any atom is 0.328 e. The molecule has 0 radical (unpaired) electrons. The van der Waals surface area contributed by atoms with Crippen molar-refractivity contribution in [3.63, 3.8) is 0 Å². The normalized spacial score (nSPS) is 10.7. The number of nitrogens with zero attached hydrogens (tertiary/aromatic N) is 2. The van der Waals surface area contributed by atoms with Gasteiger partial charge in [-0.25, -0.2) is 4.79 Å². The molecule has 0 saturated carbocycles. The largest absolute Gasteiger partial charge is 0.328 e. The van der Waals surface area contributed by atoms with E-state index in [1.165, 1.54) is 13.1 Å². The molecule has 7 nitrogen and oxygen atoms in total. The lowest BCUT2D eigenvalue weighted by Gasteiger charge is -2.02. The molecule has 1 aromatic heterocycles. The Morgan fingerprint density at radius 1 is 1.41 bits per heavy atom. The van der Waals surface area contributed by atoms with Crippen molar-refractivity contribution >= 4 is 28.2 Å². The summed E-state index contributed by atoms with van der Waals surface area (Å²) in [6, 6.07) is 2.42. The number of rotatable bonds is 1. The number of benzene rings is 1. The predicted octanol–water partition coefficient (Wildman–Crippen LogP) is 0.788. The van der Waals surface area contributed by atoms with E-state index in [-0.39, 0.29) is 21.6 Å². The number of hydrogen-bond donors (Lipinski definition) is 1. The molecule has 2 aromatic rings. The average Bonchev–Trinajstić information content (AvgIpc) is 2.25. The van der Waals surface area contributed by atoms with Crippen molar-refractivity contribution in [1.82, 2.24) is 9.55 Å². The number of hydrogen-bond acceptors (Lipinski definition) is 4. The Morgan fingerprint density at radius 2 is 2.06 bits per heavy atom. The zero-order valence-electron chi connectivity index (χ0n) is 8.56. The molecule has 2 rings (SSSR count). The van der Waals surface area contributed by atoms with E-state index in [0.29, 0.717) is 0 Å². The van der Waals surface area contributed by atoms with Crippen LogP contribution in [0.2, 0.25) is 5.02 Å². The van der Waals surface area contributed by atoms with E-state index in [9.17, 15) is 19.7 Å². The van der Waals surface area contributed by atoms with Crippen LogP contribution in [0.3, 0.4) is 0 Å². The van der Waals surface area contributed by atoms with Gasteiger partial charge in [0.15, 0.2) is 0 Å². The molecule has 1 aromatic carbocycles. The molecular formula is C9H6ClN3O4. The molecule has 0 aliphatic rings. The maximum atomic E-state index is 11.8. The van der Waals surface area contributed by atoms with Gasteiger partial charge in [0.1, 0.15) is 5.02 Å². The number of halogens is 1. The van der Waals surface area contributed by atoms with Crippen LogP contribution < -0.4 is 11.2 Å². The molecule has 0 saturated heterocycles. The smallest absolute Gasteiger partial charge is 0.307 e. The third kappa shape index (κ3) is 1.60. The molecule has 1 N–H and O–H groups in total. The van der Waals surface area contributed by atoms with Gasteiger partial charge in [0.2, 0.25) is 0 Å². The summed E-state index contributed by atoms with van der Waals surface area (Å²) in [6.45, 7) is 0. The zero-order valence-corrected chi connectivity index (χ0v) is 9.32. The standard InChI is InChI=1S/C9H6ClN3O4/c1-12-8(14)6-4(11-9(12)15)2-3-5(7(6)10)13(16)17/h2-3H,1H3,(H,11,15). The summed E-state index contributed by atoms with van der Waals surface area (Å²) in [4.78, 5) is 35.5. The van der Waals surface area contributed by atoms with Crippen molar-refractivity contribution in [3.8, 4) is 0 Å². The minimum absolute atomic E-state index is 0.0667. The molecule has 88 valence electrons. The Morgan fingerprint density at radius 3 is 2.65 bits per heavy atom. The maximum absolute atomic E-state index is 11.8. The summed E-state index contributed by atoms with van der Waals surface area (Å²) in [5, 5.41) is 10.3. The number of aromatic nitrogens is 2. The van der Waals surface area contributed by atoms with Gasteiger partial charge in [0, 0.05) is 13.1 Å². The third-order valence-corrected chi connectivity index (χ3v) is 2.77. The van der Waals surface area contributed by atoms with Gasteiger partial charge in [-0.1, -0.05) is 11.6 Å². The van der Waals surface area contributed by atoms with Gasteiger partial charge in [-0.2, -0.15) is 0 Å². The van der Waals surface area contributed by atoms with Crippen LogP contribution in [-0.4, -0.2) is 14.5 Å². The summed E-state index contributed by atoms with van der Waals surface area (Å²) in [6.07, 6.45) is 0. The van der Waals surface area contributed by atoms with Gasteiger partial charge >= 0.3 is 5.69 Å². The summed E-state index contributed by atoms with van der Waals surface area (Å²) in [7, 11) is 1.26. The first kappa shape index (κ1) is 11.3. The van der Waals surface area contributed by atoms with E-state index < -0.39 is 16.2 Å². The second-order valence-electron chi connectivity index (χ2n) is 3.37. The summed E-state index contributed by atoms with van der Waals surface area (Å²) < 4.78 is 0.804. The molecule has 0 atom stereocenters. The first-order valence-corrected chi connectivity index (χ1v) is 4.87. The Bertz CT molecular complexity index is 746. The van der Waals surface area contributed by atoms with E-state index in [1.807, 2.05) is 0 Å². The highest BCUT2D eigenvalue weighted by Crippen LogP contribution is 2.28. The summed E-state index contributed by atoms with van der Waals surface area (Å²) in [5.74, 6) is 0. The minimum atomic E-state index is -0.688. The van der Waals surface area contributed by atoms with E-state index in [0.717, 1.165) is 10.6 Å². The molecular weight excluding hydrogens is 250 g/mol. The monoisotopic (exact) mass is 255 g/mol. The van der Waals surface area contributed by atoms with Crippen LogP contribution in [0.1, 0.15) is 0 Å². The molecule has 0 amide bonds. The number of nitro groups is 1. The molecule has 17 heavy (non-hydrogen) atoms. The van der Waals surface area contributed by atoms with Crippen LogP contribution in [0.15, 0.2) is 21.7 Å². The lowest BCUT2D eigenvalue weighted by Crippen LogP contribution is -2.32. The van der Waals surface area contributed by atoms with Crippen molar-refractivity contribution < 1.29 is 4.92 Å². The second kappa shape index (κ2) is 3.70. The number of nitrogens with one attached hydrogen (secondary N) is 1. The van der Waals surface area contributed by atoms with Crippen LogP contribution in [-0.2, 0) is 7.05 Å². The molecule has 8 heteroatoms. The van der Waals surface area contributed by atoms with Gasteiger partial charge in [-0.3, -0.25) is 19.5 Å². The fourth-order valence-corrected chi connectivity index (χ4v) is 1.79. The number of aromatic amines is 1. The fraction of sp³-hybridized carbons (Fsp3) is 0.111. The van der Waals surface area contributed by atoms with E-state index >= 15 is 0 Å². The lowest BCUT2D eigenvalue weighted by molar-refractivity contribution is -0.384. The predicted molar refractivity (Wildman–Crippen MR) is 61.5 cm³/mol. The molecule has 0 fully saturated rings. The van der Waals surface area contributed by atoms with Crippen molar-refractivity contribution in [3.05, 3.63) is 48.1 Å². The first-order valence-electron chi connectivity index (χ1n) is 4.49. The van der Waals surface area contributed by atoms with Crippen LogP contribution in [0.25, 0.3) is 10.9 Å². The highest BCUT2D eigenvalue weighted by molar-refractivity contribution is 6.37. The molecule has 0 spiro atoms. The highest BCUT2D eigenvalue weighted by Gasteiger charge is 2.18. The topological polar surface area (TPSA) is 98.0 Å². The summed E-state index contributed by atoms with van der Waals surface area (Å²) >= 11 is 5.79. The number of nitro benzene ring substituents is 1. The Balaban J connectivity index is 3.06. The SMILES string of the molecule is Cn1c(=O)[nH]c2ccc([N+](=O)[O-])c(Cl)c2c1=O. The Kier molecular flexibility index (Phi) is 2.47. The van der Waals surface area contributed by atoms with Gasteiger partial charge in [0.25, 0.3) is 11.2 Å². The second-order valence-corrected chi connectivity index (χ2v) is 3.75. The average molecular weight is 256 g/mol. The Labute approximate surface area is 98.4 Å². The quantitative estimate of drug-likeness (QED) is 0.601. The molecule has 0 aliphatic carbocycles. The van der Waals surface area contributed by atoms with Crippen LogP contribution >= 0.6 is 11.6 Å². The number of H-pyrrole nitrogens is 1. The van der Waals surface area contributed by atoms with Gasteiger partial charge in [-0.05, 0) is 6.07 Å². The van der Waals surface area contributed by atoms with Crippen molar-refractivity contribution in [2.75, 3.05) is 0 Å². The highest BCUT2D eigenvalue weighted by atomic mass is 35.5. The van der Waals surface area contributed by atoms with Gasteiger partial charge < -0.3 is 4.98 Å². The Hall–Kier alpha value is -2.15. The zero-order chi connectivity index (χ0) is 12.7. The molecule has 0 unspecified atom stereocenters. The summed E-state index contributed by atoms with van der Waals surface area (Å²) in [5.41, 5.74) is -1.47. The van der Waals surface area contributed by atoms with Crippen LogP contribution in [0, 0.1) is 10.1 Å². The van der Waals surface area contributed by atoms with Gasteiger partial charge in [-0.15, -0.1) is 0 Å². The van der Waals surface area contributed by atoms with Crippen molar-refractivity contribution in [1.29, 1.82) is 0 Å². The first-order chi connectivity index (χ1) is 7.93. The van der Waals surface area contributed by atoms with E-state index in [2.05, 4.69) is 4.98 Å². The van der Waals surface area contributed by atoms with Crippen LogP contribution in [0.4, 0.5) is 5.69 Å². The van der Waals surface area contributed by atoms with Gasteiger partial charge in [0.05, 0.1) is 15.8 Å². The molecule has 0 aliphatic heterocycles. The molecule has 0 bridgehead atoms. The molecule has 1 heterocycles. The van der Waals surface area contributed by atoms with Crippen LogP contribution in [0.5, 0.6) is 0 Å². The van der Waals surface area contributed by atoms with Crippen molar-refractivity contribution in [2.24, 2.45) is 7.05 Å². The minimum Gasteiger partial charge on any atom is -0.307 e. The lowest BCUT2D eigenvalue weighted by atomic mass is 10.2.